The number of amides is 1. The summed E-state index contributed by atoms with van der Waals surface area (Å²) in [6.45, 7) is 5.67. The van der Waals surface area contributed by atoms with Crippen LogP contribution in [0.15, 0.2) is 54.7 Å². The smallest absolute Gasteiger partial charge is 0.344 e. The third kappa shape index (κ3) is 6.80. The van der Waals surface area contributed by atoms with E-state index in [9.17, 15) is 18.0 Å². The van der Waals surface area contributed by atoms with Crippen LogP contribution in [0.5, 0.6) is 0 Å². The lowest BCUT2D eigenvalue weighted by molar-refractivity contribution is -0.138. The number of hydrogen-bond acceptors (Lipinski definition) is 4. The molecule has 1 unspecified atom stereocenters. The molecule has 2 N–H and O–H groups in total. The van der Waals surface area contributed by atoms with Crippen molar-refractivity contribution >= 4 is 22.6 Å². The Bertz CT molecular complexity index is 1560. The molecule has 9 heteroatoms. The van der Waals surface area contributed by atoms with Gasteiger partial charge < -0.3 is 15.2 Å². The molecule has 1 atom stereocenters. The Morgan fingerprint density at radius 1 is 1.07 bits per heavy atom. The van der Waals surface area contributed by atoms with Gasteiger partial charge in [0, 0.05) is 54.2 Å². The monoisotopic (exact) mass is 563 g/mol. The minimum atomic E-state index is -4.56. The number of likely N-dealkylation sites (N-methyl/N-ethyl adjacent to an activating group) is 1. The van der Waals surface area contributed by atoms with Crippen LogP contribution in [-0.4, -0.2) is 58.9 Å². The first kappa shape index (κ1) is 28.8. The molecule has 2 aromatic carbocycles. The van der Waals surface area contributed by atoms with Gasteiger partial charge in [-0.1, -0.05) is 12.1 Å². The molecule has 1 aliphatic rings. The lowest BCUT2D eigenvalue weighted by Crippen LogP contribution is -2.31. The summed E-state index contributed by atoms with van der Waals surface area (Å²) in [6.07, 6.45) is -0.254. The van der Waals surface area contributed by atoms with Gasteiger partial charge in [0.2, 0.25) is 0 Å². The van der Waals surface area contributed by atoms with Crippen molar-refractivity contribution in [2.45, 2.75) is 51.9 Å². The number of anilines is 1. The van der Waals surface area contributed by atoms with E-state index < -0.39 is 17.6 Å². The van der Waals surface area contributed by atoms with Crippen LogP contribution in [-0.2, 0) is 25.6 Å². The summed E-state index contributed by atoms with van der Waals surface area (Å²) in [4.78, 5) is 24.9. The number of aryl methyl sites for hydroxylation is 4. The van der Waals surface area contributed by atoms with Crippen LogP contribution in [0.4, 0.5) is 18.9 Å². The Labute approximate surface area is 238 Å². The number of aromatic amines is 1. The summed E-state index contributed by atoms with van der Waals surface area (Å²) < 4.78 is 42.1. The molecule has 0 bridgehead atoms. The number of benzene rings is 2. The topological polar surface area (TPSA) is 64.3 Å². The Hall–Kier alpha value is -3.69. The zero-order valence-electron chi connectivity index (χ0n) is 23.9. The van der Waals surface area contributed by atoms with Gasteiger partial charge in [0.05, 0.1) is 5.56 Å². The first-order valence-corrected chi connectivity index (χ1v) is 13.9. The van der Waals surface area contributed by atoms with Crippen LogP contribution in [0.25, 0.3) is 11.0 Å². The van der Waals surface area contributed by atoms with Crippen LogP contribution in [0.2, 0.25) is 0 Å². The van der Waals surface area contributed by atoms with Gasteiger partial charge in [-0.3, -0.25) is 9.69 Å². The van der Waals surface area contributed by atoms with E-state index in [0.717, 1.165) is 71.8 Å². The van der Waals surface area contributed by atoms with E-state index in [1.807, 2.05) is 51.2 Å². The number of fused-ring (bicyclic) bond motifs is 1. The lowest BCUT2D eigenvalue weighted by atomic mass is 10.00. The highest BCUT2D eigenvalue weighted by Gasteiger charge is 2.35. The van der Waals surface area contributed by atoms with Crippen LogP contribution in [0, 0.1) is 13.8 Å². The maximum absolute atomic E-state index is 14.0. The number of pyridine rings is 1. The molecule has 0 aliphatic carbocycles. The molecule has 0 spiro atoms. The maximum atomic E-state index is 14.0. The van der Waals surface area contributed by atoms with Crippen molar-refractivity contribution in [2.24, 2.45) is 0 Å². The molecule has 1 amide bonds. The minimum absolute atomic E-state index is 0.0167. The summed E-state index contributed by atoms with van der Waals surface area (Å²) in [5, 5.41) is 3.87. The van der Waals surface area contributed by atoms with Crippen molar-refractivity contribution in [3.63, 3.8) is 0 Å². The Balaban J connectivity index is 1.28. The molecule has 1 saturated heterocycles. The zero-order chi connectivity index (χ0) is 29.3. The quantitative estimate of drug-likeness (QED) is 0.262. The van der Waals surface area contributed by atoms with Crippen molar-refractivity contribution in [2.75, 3.05) is 32.5 Å². The standard InChI is InChI=1S/C32H36F3N5O/c1-20-5-10-27(15-23(20)7-6-22-14-26-13-21(2)37-30(26)36-17-22)38-31(41)24-8-9-25(29(16-24)32(33,34)35)18-40-12-11-28(19-40)39(3)4/h5,8-10,13-17,28H,6-7,11-12,18-19H2,1-4H3,(H,36,37)(H,38,41). The summed E-state index contributed by atoms with van der Waals surface area (Å²) in [7, 11) is 3.98. The summed E-state index contributed by atoms with van der Waals surface area (Å²) in [6, 6.07) is 14.0. The molecule has 1 fully saturated rings. The molecule has 0 radical (unpaired) electrons. The van der Waals surface area contributed by atoms with Crippen LogP contribution in [0.3, 0.4) is 0 Å². The van der Waals surface area contributed by atoms with Gasteiger partial charge in [0.1, 0.15) is 5.65 Å². The van der Waals surface area contributed by atoms with E-state index in [-0.39, 0.29) is 17.7 Å². The first-order valence-electron chi connectivity index (χ1n) is 13.9. The number of rotatable bonds is 8. The van der Waals surface area contributed by atoms with Crippen LogP contribution in [0.1, 0.15) is 50.3 Å². The molecule has 4 aromatic rings. The van der Waals surface area contributed by atoms with Crippen LogP contribution < -0.4 is 5.32 Å². The average molecular weight is 564 g/mol. The van der Waals surface area contributed by atoms with E-state index in [4.69, 9.17) is 0 Å². The molecule has 5 rings (SSSR count). The molecule has 3 heterocycles. The largest absolute Gasteiger partial charge is 0.416 e. The highest BCUT2D eigenvalue weighted by Crippen LogP contribution is 2.34. The number of hydrogen-bond donors (Lipinski definition) is 2. The number of halogens is 3. The van der Waals surface area contributed by atoms with E-state index in [1.54, 1.807) is 6.07 Å². The Morgan fingerprint density at radius 3 is 2.61 bits per heavy atom. The number of carbonyl (C=O) groups is 1. The second-order valence-corrected chi connectivity index (χ2v) is 11.3. The number of alkyl halides is 3. The van der Waals surface area contributed by atoms with E-state index in [1.165, 1.54) is 12.1 Å². The van der Waals surface area contributed by atoms with Gasteiger partial charge in [0.25, 0.3) is 5.91 Å². The number of carbonyl (C=O) groups excluding carboxylic acids is 1. The zero-order valence-corrected chi connectivity index (χ0v) is 23.9. The van der Waals surface area contributed by atoms with Gasteiger partial charge in [-0.15, -0.1) is 0 Å². The first-order chi connectivity index (χ1) is 19.5. The maximum Gasteiger partial charge on any atom is 0.416 e. The summed E-state index contributed by atoms with van der Waals surface area (Å²) in [5.74, 6) is -0.567. The SMILES string of the molecule is Cc1cc2cc(CCc3cc(NC(=O)c4ccc(CN5CCC(N(C)C)C5)c(C(F)(F)F)c4)ccc3C)cnc2[nH]1. The number of H-pyrrole nitrogens is 1. The van der Waals surface area contributed by atoms with Crippen LogP contribution >= 0.6 is 0 Å². The summed E-state index contributed by atoms with van der Waals surface area (Å²) >= 11 is 0. The highest BCUT2D eigenvalue weighted by molar-refractivity contribution is 6.04. The molecular weight excluding hydrogens is 527 g/mol. The second kappa shape index (κ2) is 11.7. The lowest BCUT2D eigenvalue weighted by Gasteiger charge is -2.22. The third-order valence-electron chi connectivity index (χ3n) is 8.00. The van der Waals surface area contributed by atoms with Crippen molar-refractivity contribution in [3.05, 3.63) is 93.8 Å². The number of nitrogens with one attached hydrogen (secondary N) is 2. The molecule has 1 aliphatic heterocycles. The fourth-order valence-corrected chi connectivity index (χ4v) is 5.57. The normalized spacial score (nSPS) is 16.1. The van der Waals surface area contributed by atoms with Gasteiger partial charge in [-0.2, -0.15) is 13.2 Å². The molecule has 6 nitrogen and oxygen atoms in total. The van der Waals surface area contributed by atoms with Crippen molar-refractivity contribution < 1.29 is 18.0 Å². The van der Waals surface area contributed by atoms with E-state index in [2.05, 4.69) is 32.3 Å². The van der Waals surface area contributed by atoms with Gasteiger partial charge in [0.15, 0.2) is 0 Å². The van der Waals surface area contributed by atoms with E-state index >= 15 is 0 Å². The van der Waals surface area contributed by atoms with Crippen molar-refractivity contribution in [1.29, 1.82) is 0 Å². The highest BCUT2D eigenvalue weighted by atomic mass is 19.4. The predicted molar refractivity (Wildman–Crippen MR) is 156 cm³/mol. The van der Waals surface area contributed by atoms with Gasteiger partial charge in [-0.05, 0) is 106 Å². The molecule has 216 valence electrons. The molecule has 41 heavy (non-hydrogen) atoms. The molecule has 0 saturated carbocycles. The Morgan fingerprint density at radius 2 is 1.88 bits per heavy atom. The third-order valence-corrected chi connectivity index (χ3v) is 8.00. The number of likely N-dealkylation sites (tertiary alicyclic amines) is 1. The van der Waals surface area contributed by atoms with Gasteiger partial charge >= 0.3 is 6.18 Å². The van der Waals surface area contributed by atoms with Crippen molar-refractivity contribution in [3.8, 4) is 0 Å². The summed E-state index contributed by atoms with van der Waals surface area (Å²) in [5.41, 5.74) is 5.13. The van der Waals surface area contributed by atoms with E-state index in [0.29, 0.717) is 11.7 Å². The fraction of sp³-hybridized carbons (Fsp3) is 0.375. The average Bonchev–Trinajstić information content (AvgIpc) is 3.54. The molecular formula is C32H36F3N5O. The Kier molecular flexibility index (Phi) is 8.20. The number of aromatic nitrogens is 2. The van der Waals surface area contributed by atoms with Gasteiger partial charge in [-0.25, -0.2) is 4.98 Å². The predicted octanol–water partition coefficient (Wildman–Crippen LogP) is 6.37. The van der Waals surface area contributed by atoms with Crippen molar-refractivity contribution in [1.82, 2.24) is 19.8 Å². The second-order valence-electron chi connectivity index (χ2n) is 11.3. The minimum Gasteiger partial charge on any atom is -0.344 e. The number of nitrogens with zero attached hydrogens (tertiary/aromatic N) is 3. The molecule has 2 aromatic heterocycles. The fourth-order valence-electron chi connectivity index (χ4n) is 5.57.